The van der Waals surface area contributed by atoms with Gasteiger partial charge < -0.3 is 0 Å². The average Bonchev–Trinajstić information content (AvgIpc) is 3.83. The highest BCUT2D eigenvalue weighted by atomic mass is 32.1. The van der Waals surface area contributed by atoms with Crippen molar-refractivity contribution in [3.8, 4) is 78.4 Å². The van der Waals surface area contributed by atoms with Crippen LogP contribution in [0.5, 0.6) is 0 Å². The maximum atomic E-state index is 5.30. The van der Waals surface area contributed by atoms with Crippen molar-refractivity contribution in [1.29, 1.82) is 0 Å². The summed E-state index contributed by atoms with van der Waals surface area (Å²) in [5.74, 6) is 0. The van der Waals surface area contributed by atoms with Crippen molar-refractivity contribution in [3.05, 3.63) is 271 Å². The Kier molecular flexibility index (Phi) is 12.2. The van der Waals surface area contributed by atoms with E-state index in [1.165, 1.54) is 70.2 Å². The van der Waals surface area contributed by atoms with E-state index in [1.54, 1.807) is 0 Å². The lowest BCUT2D eigenvalue weighted by Crippen LogP contribution is -1.98. The van der Waals surface area contributed by atoms with Crippen LogP contribution in [0.2, 0.25) is 0 Å². The molecule has 0 fully saturated rings. The summed E-state index contributed by atoms with van der Waals surface area (Å²) in [6.07, 6.45) is 7.48. The van der Waals surface area contributed by atoms with E-state index in [9.17, 15) is 0 Å². The summed E-state index contributed by atoms with van der Waals surface area (Å²) in [5.41, 5.74) is 20.9. The third-order valence-electron chi connectivity index (χ3n) is 13.6. The Labute approximate surface area is 419 Å². The molecule has 0 aliphatic carbocycles. The van der Waals surface area contributed by atoms with Gasteiger partial charge in [-0.3, -0.25) is 9.97 Å². The molecule has 338 valence electrons. The quantitative estimate of drug-likeness (QED) is 0.116. The summed E-state index contributed by atoms with van der Waals surface area (Å²) < 4.78 is 2.61. The predicted octanol–water partition coefficient (Wildman–Crippen LogP) is 17.5. The van der Waals surface area contributed by atoms with Gasteiger partial charge in [-0.25, -0.2) is 4.98 Å². The maximum Gasteiger partial charge on any atom is 0.0715 e. The van der Waals surface area contributed by atoms with E-state index in [1.807, 2.05) is 48.0 Å². The van der Waals surface area contributed by atoms with Gasteiger partial charge in [0.2, 0.25) is 0 Å². The van der Waals surface area contributed by atoms with Crippen LogP contribution in [-0.4, -0.2) is 15.0 Å². The van der Waals surface area contributed by atoms with E-state index in [0.717, 1.165) is 76.3 Å². The molecule has 12 rings (SSSR count). The predicted molar refractivity (Wildman–Crippen MR) is 298 cm³/mol. The first kappa shape index (κ1) is 43.7. The molecular weight excluding hydrogens is 879 g/mol. The number of rotatable bonds is 13. The van der Waals surface area contributed by atoms with Gasteiger partial charge in [0.05, 0.1) is 22.8 Å². The Morgan fingerprint density at radius 2 is 0.732 bits per heavy atom. The van der Waals surface area contributed by atoms with Gasteiger partial charge in [-0.05, 0) is 130 Å². The lowest BCUT2D eigenvalue weighted by Gasteiger charge is -2.15. The minimum Gasteiger partial charge on any atom is -0.256 e. The van der Waals surface area contributed by atoms with Gasteiger partial charge in [-0.15, -0.1) is 11.3 Å². The Morgan fingerprint density at radius 1 is 0.268 bits per heavy atom. The summed E-state index contributed by atoms with van der Waals surface area (Å²) in [6, 6.07) is 85.7. The van der Waals surface area contributed by atoms with Crippen molar-refractivity contribution in [3.63, 3.8) is 0 Å². The fraction of sp³-hybridized carbons (Fsp3) is 0.0597. The summed E-state index contributed by atoms with van der Waals surface area (Å²) in [6.45, 7) is 0. The molecule has 71 heavy (non-hydrogen) atoms. The SMILES string of the molecule is c1ccc(-c2cc(-c3ccc4c(c3)sc3ccccc34)cc(-c3ccc(-c4ccccc4-c4cc(CCc5ccc(-c6ccccn6)cc5)cc(CCc5ccc(-c6ccccn6)cc5)c4)cc3)n2)cc1. The molecule has 0 amide bonds. The molecule has 4 aromatic heterocycles. The third kappa shape index (κ3) is 9.59. The van der Waals surface area contributed by atoms with E-state index in [-0.39, 0.29) is 0 Å². The van der Waals surface area contributed by atoms with Crippen LogP contribution in [0.4, 0.5) is 0 Å². The summed E-state index contributed by atoms with van der Waals surface area (Å²) in [4.78, 5) is 14.4. The van der Waals surface area contributed by atoms with E-state index < -0.39 is 0 Å². The van der Waals surface area contributed by atoms with Gasteiger partial charge in [-0.2, -0.15) is 0 Å². The number of hydrogen-bond donors (Lipinski definition) is 0. The molecule has 0 radical (unpaired) electrons. The number of pyridine rings is 3. The molecule has 0 spiro atoms. The maximum absolute atomic E-state index is 5.30. The van der Waals surface area contributed by atoms with Gasteiger partial charge in [-0.1, -0.05) is 188 Å². The van der Waals surface area contributed by atoms with E-state index in [0.29, 0.717) is 0 Å². The molecule has 0 aliphatic rings. The van der Waals surface area contributed by atoms with Crippen molar-refractivity contribution in [2.24, 2.45) is 0 Å². The molecule has 3 nitrogen and oxygen atoms in total. The van der Waals surface area contributed by atoms with Crippen LogP contribution in [0, 0.1) is 0 Å². The monoisotopic (exact) mass is 927 g/mol. The second-order valence-corrected chi connectivity index (χ2v) is 19.4. The first-order chi connectivity index (χ1) is 35.1. The Bertz CT molecular complexity index is 3670. The number of nitrogens with zero attached hydrogens (tertiary/aromatic N) is 3. The number of fused-ring (bicyclic) bond motifs is 3. The standard InChI is InChI=1S/C67H49N3S/c1-2-12-51(13-3-1)64-43-56(55-36-37-61-60-16-6-7-19-66(60)71-67(61)45-55)44-65(70-64)54-34-32-50(33-35-54)58-14-4-5-15-59(58)57-41-48(22-20-46-24-28-52(29-25-46)62-17-8-10-38-68-62)40-49(42-57)23-21-47-26-30-53(31-27-47)63-18-9-11-39-69-63/h1-19,24-45H,20-23H2. The Balaban J connectivity index is 0.859. The molecule has 0 saturated heterocycles. The zero-order valence-corrected chi connectivity index (χ0v) is 40.1. The highest BCUT2D eigenvalue weighted by Crippen LogP contribution is 2.39. The van der Waals surface area contributed by atoms with Gasteiger partial charge in [0.1, 0.15) is 0 Å². The molecule has 0 N–H and O–H groups in total. The van der Waals surface area contributed by atoms with Crippen LogP contribution in [-0.2, 0) is 25.7 Å². The van der Waals surface area contributed by atoms with Crippen molar-refractivity contribution in [2.45, 2.75) is 25.7 Å². The van der Waals surface area contributed by atoms with Gasteiger partial charge in [0, 0.05) is 54.8 Å². The first-order valence-corrected chi connectivity index (χ1v) is 25.3. The number of hydrogen-bond acceptors (Lipinski definition) is 4. The van der Waals surface area contributed by atoms with Crippen LogP contribution in [0.15, 0.2) is 249 Å². The van der Waals surface area contributed by atoms with E-state index in [4.69, 9.17) is 4.98 Å². The Hall–Kier alpha value is -8.57. The molecule has 4 heterocycles. The number of benzene rings is 8. The topological polar surface area (TPSA) is 38.7 Å². The van der Waals surface area contributed by atoms with Crippen molar-refractivity contribution < 1.29 is 0 Å². The third-order valence-corrected chi connectivity index (χ3v) is 14.8. The zero-order valence-electron chi connectivity index (χ0n) is 39.2. The van der Waals surface area contributed by atoms with Crippen molar-refractivity contribution >= 4 is 31.5 Å². The normalized spacial score (nSPS) is 11.3. The second-order valence-electron chi connectivity index (χ2n) is 18.3. The molecule has 0 saturated carbocycles. The zero-order chi connectivity index (χ0) is 47.3. The van der Waals surface area contributed by atoms with Gasteiger partial charge >= 0.3 is 0 Å². The Morgan fingerprint density at radius 3 is 1.34 bits per heavy atom. The van der Waals surface area contributed by atoms with Gasteiger partial charge in [0.15, 0.2) is 0 Å². The molecule has 0 atom stereocenters. The van der Waals surface area contributed by atoms with Gasteiger partial charge in [0.25, 0.3) is 0 Å². The lowest BCUT2D eigenvalue weighted by atomic mass is 9.90. The number of thiophene rings is 1. The van der Waals surface area contributed by atoms with E-state index >= 15 is 0 Å². The molecule has 0 aliphatic heterocycles. The molecule has 0 bridgehead atoms. The molecule has 8 aromatic carbocycles. The highest BCUT2D eigenvalue weighted by Gasteiger charge is 2.15. The van der Waals surface area contributed by atoms with Crippen molar-refractivity contribution in [2.75, 3.05) is 0 Å². The smallest absolute Gasteiger partial charge is 0.0715 e. The number of aromatic nitrogens is 3. The minimum absolute atomic E-state index is 0.939. The molecule has 0 unspecified atom stereocenters. The fourth-order valence-corrected chi connectivity index (χ4v) is 11.0. The van der Waals surface area contributed by atoms with Crippen LogP contribution in [0.25, 0.3) is 98.6 Å². The first-order valence-electron chi connectivity index (χ1n) is 24.5. The fourth-order valence-electron chi connectivity index (χ4n) is 9.85. The minimum atomic E-state index is 0.939. The van der Waals surface area contributed by atoms with Crippen LogP contribution >= 0.6 is 11.3 Å². The highest BCUT2D eigenvalue weighted by molar-refractivity contribution is 7.25. The summed E-state index contributed by atoms with van der Waals surface area (Å²) >= 11 is 1.85. The van der Waals surface area contributed by atoms with Crippen LogP contribution < -0.4 is 0 Å². The van der Waals surface area contributed by atoms with E-state index in [2.05, 4.69) is 222 Å². The average molecular weight is 928 g/mol. The summed E-state index contributed by atoms with van der Waals surface area (Å²) in [7, 11) is 0. The largest absolute Gasteiger partial charge is 0.256 e. The molecule has 4 heteroatoms. The van der Waals surface area contributed by atoms with Crippen molar-refractivity contribution in [1.82, 2.24) is 15.0 Å². The second kappa shape index (κ2) is 19.8. The van der Waals surface area contributed by atoms with Crippen LogP contribution in [0.3, 0.4) is 0 Å². The summed E-state index contributed by atoms with van der Waals surface area (Å²) in [5, 5.41) is 2.62. The molecular formula is C67H49N3S. The lowest BCUT2D eigenvalue weighted by molar-refractivity contribution is 0.931. The van der Waals surface area contributed by atoms with Crippen LogP contribution in [0.1, 0.15) is 22.3 Å². The number of aryl methyl sites for hydroxylation is 4. The molecule has 12 aromatic rings.